The molecule has 5 nitrogen and oxygen atoms in total. The van der Waals surface area contributed by atoms with Gasteiger partial charge in [-0.25, -0.2) is 0 Å². The summed E-state index contributed by atoms with van der Waals surface area (Å²) in [7, 11) is 1.58. The number of ether oxygens (including phenoxy) is 1. The topological polar surface area (TPSA) is 49.9 Å². The lowest BCUT2D eigenvalue weighted by atomic mass is 10.1. The molecule has 2 aromatic carbocycles. The van der Waals surface area contributed by atoms with E-state index in [4.69, 9.17) is 4.74 Å². The van der Waals surface area contributed by atoms with Crippen molar-refractivity contribution in [2.75, 3.05) is 30.0 Å². The van der Waals surface area contributed by atoms with Gasteiger partial charge in [-0.05, 0) is 43.7 Å². The molecule has 0 saturated carbocycles. The number of benzene rings is 2. The van der Waals surface area contributed by atoms with Crippen molar-refractivity contribution in [3.05, 3.63) is 54.1 Å². The van der Waals surface area contributed by atoms with Gasteiger partial charge in [0.2, 0.25) is 11.8 Å². The largest absolute Gasteiger partial charge is 0.495 e. The lowest BCUT2D eigenvalue weighted by molar-refractivity contribution is -0.124. The maximum Gasteiger partial charge on any atom is 0.232 e. The molecule has 2 amide bonds. The lowest BCUT2D eigenvalue weighted by Gasteiger charge is -2.25. The van der Waals surface area contributed by atoms with E-state index in [2.05, 4.69) is 0 Å². The number of amides is 2. The summed E-state index contributed by atoms with van der Waals surface area (Å²) in [5.74, 6) is 0.227. The molecular weight excluding hydrogens is 328 g/mol. The number of anilines is 2. The third-order valence-corrected chi connectivity index (χ3v) is 4.75. The molecule has 0 spiro atoms. The highest BCUT2D eigenvalue weighted by Crippen LogP contribution is 2.33. The van der Waals surface area contributed by atoms with E-state index in [1.807, 2.05) is 62.4 Å². The van der Waals surface area contributed by atoms with Gasteiger partial charge in [0, 0.05) is 25.2 Å². The van der Waals surface area contributed by atoms with Crippen molar-refractivity contribution in [2.24, 2.45) is 5.92 Å². The summed E-state index contributed by atoms with van der Waals surface area (Å²) in [5.41, 5.74) is 2.70. The van der Waals surface area contributed by atoms with Gasteiger partial charge in [0.05, 0.1) is 18.7 Å². The van der Waals surface area contributed by atoms with Crippen LogP contribution in [-0.2, 0) is 9.59 Å². The Kier molecular flexibility index (Phi) is 5.26. The number of carbonyl (C=O) groups excluding carboxylic acids is 2. The first-order valence-electron chi connectivity index (χ1n) is 8.86. The number of aryl methyl sites for hydroxylation is 1. The Hall–Kier alpha value is -2.82. The summed E-state index contributed by atoms with van der Waals surface area (Å²) in [6.07, 6.45) is 0.221. The zero-order chi connectivity index (χ0) is 18.7. The molecule has 1 heterocycles. The van der Waals surface area contributed by atoms with Crippen molar-refractivity contribution >= 4 is 23.2 Å². The van der Waals surface area contributed by atoms with Crippen LogP contribution in [0.4, 0.5) is 11.4 Å². The quantitative estimate of drug-likeness (QED) is 0.829. The number of nitrogens with zero attached hydrogens (tertiary/aromatic N) is 2. The zero-order valence-electron chi connectivity index (χ0n) is 15.4. The second kappa shape index (κ2) is 7.60. The van der Waals surface area contributed by atoms with Gasteiger partial charge in [-0.2, -0.15) is 0 Å². The fourth-order valence-corrected chi connectivity index (χ4v) is 3.44. The Balaban J connectivity index is 1.82. The molecule has 1 fully saturated rings. The van der Waals surface area contributed by atoms with Crippen LogP contribution in [0.15, 0.2) is 48.5 Å². The van der Waals surface area contributed by atoms with Gasteiger partial charge in [-0.1, -0.05) is 24.3 Å². The standard InChI is InChI=1S/C21H24N2O3/c1-4-22(17-9-7-8-15(2)12-17)21(25)16-13-20(24)23(14-16)18-10-5-6-11-19(18)26-3/h5-12,16H,4,13-14H2,1-3H3. The molecule has 0 aliphatic carbocycles. The van der Waals surface area contributed by atoms with E-state index in [9.17, 15) is 9.59 Å². The van der Waals surface area contributed by atoms with Crippen molar-refractivity contribution in [3.63, 3.8) is 0 Å². The molecule has 0 bridgehead atoms. The Morgan fingerprint density at radius 1 is 1.23 bits per heavy atom. The predicted molar refractivity (Wildman–Crippen MR) is 103 cm³/mol. The van der Waals surface area contributed by atoms with E-state index in [0.29, 0.717) is 24.5 Å². The van der Waals surface area contributed by atoms with Crippen LogP contribution in [0.3, 0.4) is 0 Å². The summed E-state index contributed by atoms with van der Waals surface area (Å²) < 4.78 is 5.36. The van der Waals surface area contributed by atoms with Gasteiger partial charge in [0.1, 0.15) is 5.75 Å². The first-order valence-corrected chi connectivity index (χ1v) is 8.86. The lowest BCUT2D eigenvalue weighted by Crippen LogP contribution is -2.37. The van der Waals surface area contributed by atoms with Gasteiger partial charge >= 0.3 is 0 Å². The van der Waals surface area contributed by atoms with Gasteiger partial charge in [-0.15, -0.1) is 0 Å². The van der Waals surface area contributed by atoms with E-state index in [-0.39, 0.29) is 24.2 Å². The van der Waals surface area contributed by atoms with E-state index < -0.39 is 0 Å². The molecule has 5 heteroatoms. The summed E-state index contributed by atoms with van der Waals surface area (Å²) in [6.45, 7) is 4.90. The van der Waals surface area contributed by atoms with Crippen LogP contribution in [0.25, 0.3) is 0 Å². The Bertz CT molecular complexity index is 818. The number of hydrogen-bond acceptors (Lipinski definition) is 3. The molecule has 1 unspecified atom stereocenters. The molecule has 2 aromatic rings. The minimum Gasteiger partial charge on any atom is -0.495 e. The highest BCUT2D eigenvalue weighted by atomic mass is 16.5. The summed E-state index contributed by atoms with van der Waals surface area (Å²) in [5, 5.41) is 0. The first kappa shape index (κ1) is 18.0. The highest BCUT2D eigenvalue weighted by Gasteiger charge is 2.38. The van der Waals surface area contributed by atoms with Crippen molar-refractivity contribution in [1.29, 1.82) is 0 Å². The number of rotatable bonds is 5. The fraction of sp³-hybridized carbons (Fsp3) is 0.333. The van der Waals surface area contributed by atoms with Crippen LogP contribution in [0, 0.1) is 12.8 Å². The van der Waals surface area contributed by atoms with Crippen molar-refractivity contribution in [1.82, 2.24) is 0 Å². The average Bonchev–Trinajstić information content (AvgIpc) is 3.04. The smallest absolute Gasteiger partial charge is 0.232 e. The van der Waals surface area contributed by atoms with Crippen molar-refractivity contribution in [3.8, 4) is 5.75 Å². The molecule has 1 saturated heterocycles. The molecule has 0 radical (unpaired) electrons. The molecule has 3 rings (SSSR count). The van der Waals surface area contributed by atoms with Crippen LogP contribution in [0.5, 0.6) is 5.75 Å². The summed E-state index contributed by atoms with van der Waals surface area (Å²) in [4.78, 5) is 29.1. The Labute approximate surface area is 154 Å². The van der Waals surface area contributed by atoms with E-state index >= 15 is 0 Å². The molecule has 1 aliphatic heterocycles. The number of para-hydroxylation sites is 2. The molecule has 26 heavy (non-hydrogen) atoms. The molecule has 1 atom stereocenters. The van der Waals surface area contributed by atoms with Crippen LogP contribution in [0.2, 0.25) is 0 Å². The Morgan fingerprint density at radius 3 is 2.69 bits per heavy atom. The normalized spacial score (nSPS) is 16.7. The van der Waals surface area contributed by atoms with Crippen molar-refractivity contribution < 1.29 is 14.3 Å². The summed E-state index contributed by atoms with van der Waals surface area (Å²) >= 11 is 0. The maximum atomic E-state index is 13.1. The number of methoxy groups -OCH3 is 1. The van der Waals surface area contributed by atoms with Gasteiger partial charge in [-0.3, -0.25) is 9.59 Å². The van der Waals surface area contributed by atoms with E-state index in [1.54, 1.807) is 16.9 Å². The summed E-state index contributed by atoms with van der Waals surface area (Å²) in [6, 6.07) is 15.3. The number of hydrogen-bond donors (Lipinski definition) is 0. The highest BCUT2D eigenvalue weighted by molar-refractivity contribution is 6.05. The van der Waals surface area contributed by atoms with Gasteiger partial charge in [0.15, 0.2) is 0 Å². The minimum absolute atomic E-state index is 0.0103. The van der Waals surface area contributed by atoms with Gasteiger partial charge < -0.3 is 14.5 Å². The van der Waals surface area contributed by atoms with E-state index in [0.717, 1.165) is 11.3 Å². The van der Waals surface area contributed by atoms with Crippen LogP contribution >= 0.6 is 0 Å². The monoisotopic (exact) mass is 352 g/mol. The second-order valence-corrected chi connectivity index (χ2v) is 6.50. The van der Waals surface area contributed by atoms with Crippen LogP contribution in [0.1, 0.15) is 18.9 Å². The Morgan fingerprint density at radius 2 is 2.00 bits per heavy atom. The molecular formula is C21H24N2O3. The third-order valence-electron chi connectivity index (χ3n) is 4.75. The molecule has 1 aliphatic rings. The molecule has 136 valence electrons. The number of carbonyl (C=O) groups is 2. The molecule has 0 N–H and O–H groups in total. The second-order valence-electron chi connectivity index (χ2n) is 6.50. The molecule has 0 aromatic heterocycles. The average molecular weight is 352 g/mol. The van der Waals surface area contributed by atoms with Gasteiger partial charge in [0.25, 0.3) is 0 Å². The van der Waals surface area contributed by atoms with Crippen LogP contribution in [-0.4, -0.2) is 32.0 Å². The predicted octanol–water partition coefficient (Wildman–Crippen LogP) is 3.41. The van der Waals surface area contributed by atoms with Crippen LogP contribution < -0.4 is 14.5 Å². The maximum absolute atomic E-state index is 13.1. The zero-order valence-corrected chi connectivity index (χ0v) is 15.4. The minimum atomic E-state index is -0.354. The third kappa shape index (κ3) is 3.43. The fourth-order valence-electron chi connectivity index (χ4n) is 3.44. The van der Waals surface area contributed by atoms with E-state index in [1.165, 1.54) is 0 Å². The first-order chi connectivity index (χ1) is 12.5. The SMILES string of the molecule is CCN(C(=O)C1CC(=O)N(c2ccccc2OC)C1)c1cccc(C)c1. The van der Waals surface area contributed by atoms with Crippen molar-refractivity contribution in [2.45, 2.75) is 20.3 Å².